The van der Waals surface area contributed by atoms with Crippen LogP contribution in [0.25, 0.3) is 0 Å². The second-order valence-electron chi connectivity index (χ2n) is 5.15. The summed E-state index contributed by atoms with van der Waals surface area (Å²) in [7, 11) is 0. The first-order valence-corrected chi connectivity index (χ1v) is 6.97. The Balaban J connectivity index is 1.81. The van der Waals surface area contributed by atoms with E-state index >= 15 is 0 Å². The number of nitrogens with zero attached hydrogens (tertiary/aromatic N) is 3. The molecular weight excluding hydrogens is 266 g/mol. The number of rotatable bonds is 2. The molecule has 0 fully saturated rings. The molecule has 1 aromatic carbocycles. The van der Waals surface area contributed by atoms with Gasteiger partial charge in [-0.05, 0) is 31.9 Å². The molecule has 0 spiro atoms. The van der Waals surface area contributed by atoms with Gasteiger partial charge in [-0.3, -0.25) is 10.1 Å². The zero-order valence-corrected chi connectivity index (χ0v) is 12.1. The van der Waals surface area contributed by atoms with Crippen molar-refractivity contribution in [1.82, 2.24) is 15.2 Å². The quantitative estimate of drug-likeness (QED) is 0.881. The van der Waals surface area contributed by atoms with Gasteiger partial charge in [-0.25, -0.2) is 4.98 Å². The second-order valence-corrected chi connectivity index (χ2v) is 5.15. The van der Waals surface area contributed by atoms with E-state index in [9.17, 15) is 4.79 Å². The van der Waals surface area contributed by atoms with E-state index in [2.05, 4.69) is 25.8 Å². The zero-order valence-electron chi connectivity index (χ0n) is 12.1. The molecule has 0 radical (unpaired) electrons. The summed E-state index contributed by atoms with van der Waals surface area (Å²) in [5.41, 5.74) is 3.56. The molecule has 6 nitrogen and oxygen atoms in total. The molecule has 0 bridgehead atoms. The number of fused-ring (bicyclic) bond motifs is 1. The molecule has 108 valence electrons. The lowest BCUT2D eigenvalue weighted by Gasteiger charge is -2.25. The SMILES string of the molecule is Cc1nnc(NC(=O)C2CCNc3ccccc32)nc1C. The lowest BCUT2D eigenvalue weighted by molar-refractivity contribution is -0.117. The number of hydrogen-bond donors (Lipinski definition) is 2. The van der Waals surface area contributed by atoms with E-state index in [0.29, 0.717) is 0 Å². The van der Waals surface area contributed by atoms with Crippen LogP contribution in [0.15, 0.2) is 24.3 Å². The highest BCUT2D eigenvalue weighted by Gasteiger charge is 2.26. The molecule has 0 saturated heterocycles. The van der Waals surface area contributed by atoms with Crippen LogP contribution in [0.2, 0.25) is 0 Å². The van der Waals surface area contributed by atoms with Crippen LogP contribution in [-0.2, 0) is 4.79 Å². The summed E-state index contributed by atoms with van der Waals surface area (Å²) in [6, 6.07) is 7.87. The van der Waals surface area contributed by atoms with E-state index in [4.69, 9.17) is 0 Å². The molecule has 3 rings (SSSR count). The minimum absolute atomic E-state index is 0.0889. The van der Waals surface area contributed by atoms with Crippen LogP contribution in [0.4, 0.5) is 11.6 Å². The summed E-state index contributed by atoms with van der Waals surface area (Å²) >= 11 is 0. The first kappa shape index (κ1) is 13.5. The largest absolute Gasteiger partial charge is 0.385 e. The van der Waals surface area contributed by atoms with Crippen molar-refractivity contribution < 1.29 is 4.79 Å². The number of hydrogen-bond acceptors (Lipinski definition) is 5. The lowest BCUT2D eigenvalue weighted by atomic mass is 9.90. The van der Waals surface area contributed by atoms with E-state index in [1.54, 1.807) is 0 Å². The van der Waals surface area contributed by atoms with Crippen molar-refractivity contribution in [2.75, 3.05) is 17.2 Å². The Morgan fingerprint density at radius 2 is 2.05 bits per heavy atom. The summed E-state index contributed by atoms with van der Waals surface area (Å²) in [6.07, 6.45) is 0.751. The molecule has 1 atom stereocenters. The van der Waals surface area contributed by atoms with E-state index in [1.807, 2.05) is 38.1 Å². The predicted octanol–water partition coefficient (Wildman–Crippen LogP) is 2.03. The average Bonchev–Trinajstić information content (AvgIpc) is 2.50. The van der Waals surface area contributed by atoms with Crippen LogP contribution in [0, 0.1) is 13.8 Å². The van der Waals surface area contributed by atoms with Crippen molar-refractivity contribution in [3.63, 3.8) is 0 Å². The molecule has 1 aliphatic heterocycles. The van der Waals surface area contributed by atoms with Gasteiger partial charge in [-0.15, -0.1) is 5.10 Å². The Morgan fingerprint density at radius 3 is 2.86 bits per heavy atom. The number of amides is 1. The van der Waals surface area contributed by atoms with Crippen molar-refractivity contribution in [3.8, 4) is 0 Å². The topological polar surface area (TPSA) is 79.8 Å². The third kappa shape index (κ3) is 2.69. The Hall–Kier alpha value is -2.50. The minimum Gasteiger partial charge on any atom is -0.385 e. The number of para-hydroxylation sites is 1. The Labute approximate surface area is 123 Å². The second kappa shape index (κ2) is 5.47. The molecule has 0 saturated carbocycles. The highest BCUT2D eigenvalue weighted by molar-refractivity contribution is 5.95. The van der Waals surface area contributed by atoms with Gasteiger partial charge in [0.2, 0.25) is 11.9 Å². The van der Waals surface area contributed by atoms with E-state index in [1.165, 1.54) is 0 Å². The van der Waals surface area contributed by atoms with Crippen LogP contribution in [0.5, 0.6) is 0 Å². The highest BCUT2D eigenvalue weighted by atomic mass is 16.2. The van der Waals surface area contributed by atoms with Crippen molar-refractivity contribution in [2.45, 2.75) is 26.2 Å². The number of aromatic nitrogens is 3. The van der Waals surface area contributed by atoms with Crippen molar-refractivity contribution >= 4 is 17.5 Å². The molecular formula is C15H17N5O. The van der Waals surface area contributed by atoms with Gasteiger partial charge in [0.05, 0.1) is 17.3 Å². The molecule has 21 heavy (non-hydrogen) atoms. The Bertz CT molecular complexity index is 686. The molecule has 1 aromatic heterocycles. The third-order valence-electron chi connectivity index (χ3n) is 3.73. The monoisotopic (exact) mass is 283 g/mol. The van der Waals surface area contributed by atoms with Crippen LogP contribution in [0.3, 0.4) is 0 Å². The Kier molecular flexibility index (Phi) is 3.51. The van der Waals surface area contributed by atoms with Gasteiger partial charge < -0.3 is 5.32 Å². The summed E-state index contributed by atoms with van der Waals surface area (Å²) in [4.78, 5) is 16.7. The standard InChI is InChI=1S/C15H17N5O/c1-9-10(2)19-20-15(17-9)18-14(21)12-7-8-16-13-6-4-3-5-11(12)13/h3-6,12,16H,7-8H2,1-2H3,(H,17,18,20,21). The molecule has 2 N–H and O–H groups in total. The number of nitrogens with one attached hydrogen (secondary N) is 2. The smallest absolute Gasteiger partial charge is 0.249 e. The van der Waals surface area contributed by atoms with Crippen LogP contribution >= 0.6 is 0 Å². The van der Waals surface area contributed by atoms with Crippen molar-refractivity contribution in [1.29, 1.82) is 0 Å². The summed E-state index contributed by atoms with van der Waals surface area (Å²) in [5, 5.41) is 14.0. The first-order valence-electron chi connectivity index (χ1n) is 6.97. The maximum absolute atomic E-state index is 12.5. The molecule has 2 aromatic rings. The number of anilines is 2. The fourth-order valence-corrected chi connectivity index (χ4v) is 2.45. The van der Waals surface area contributed by atoms with Crippen molar-refractivity contribution in [3.05, 3.63) is 41.2 Å². The van der Waals surface area contributed by atoms with Crippen LogP contribution < -0.4 is 10.6 Å². The fraction of sp³-hybridized carbons (Fsp3) is 0.333. The van der Waals surface area contributed by atoms with Gasteiger partial charge in [-0.1, -0.05) is 18.2 Å². The number of carbonyl (C=O) groups excluding carboxylic acids is 1. The maximum atomic E-state index is 12.5. The molecule has 1 aliphatic rings. The predicted molar refractivity (Wildman–Crippen MR) is 80.2 cm³/mol. The third-order valence-corrected chi connectivity index (χ3v) is 3.73. The summed E-state index contributed by atoms with van der Waals surface area (Å²) in [5.74, 6) is -0.0132. The van der Waals surface area contributed by atoms with Crippen LogP contribution in [0.1, 0.15) is 29.3 Å². The van der Waals surface area contributed by atoms with Crippen LogP contribution in [-0.4, -0.2) is 27.6 Å². The molecule has 1 unspecified atom stereocenters. The molecule has 6 heteroatoms. The summed E-state index contributed by atoms with van der Waals surface area (Å²) in [6.45, 7) is 4.46. The first-order chi connectivity index (χ1) is 10.1. The van der Waals surface area contributed by atoms with E-state index in [0.717, 1.165) is 35.6 Å². The minimum atomic E-state index is -0.187. The van der Waals surface area contributed by atoms with Gasteiger partial charge in [0.25, 0.3) is 0 Å². The van der Waals surface area contributed by atoms with Gasteiger partial charge in [0, 0.05) is 12.2 Å². The number of benzene rings is 1. The number of carbonyl (C=O) groups is 1. The average molecular weight is 283 g/mol. The van der Waals surface area contributed by atoms with Gasteiger partial charge in [-0.2, -0.15) is 5.10 Å². The van der Waals surface area contributed by atoms with E-state index < -0.39 is 0 Å². The number of aryl methyl sites for hydroxylation is 2. The molecule has 2 heterocycles. The lowest BCUT2D eigenvalue weighted by Crippen LogP contribution is -2.28. The molecule has 1 amide bonds. The normalized spacial score (nSPS) is 16.8. The Morgan fingerprint density at radius 1 is 1.24 bits per heavy atom. The van der Waals surface area contributed by atoms with Crippen molar-refractivity contribution in [2.24, 2.45) is 0 Å². The fourth-order valence-electron chi connectivity index (χ4n) is 2.45. The summed E-state index contributed by atoms with van der Waals surface area (Å²) < 4.78 is 0. The van der Waals surface area contributed by atoms with Gasteiger partial charge in [0.15, 0.2) is 0 Å². The van der Waals surface area contributed by atoms with E-state index in [-0.39, 0.29) is 17.8 Å². The van der Waals surface area contributed by atoms with Gasteiger partial charge in [0.1, 0.15) is 0 Å². The van der Waals surface area contributed by atoms with Gasteiger partial charge >= 0.3 is 0 Å². The maximum Gasteiger partial charge on any atom is 0.249 e. The zero-order chi connectivity index (χ0) is 14.8. The highest BCUT2D eigenvalue weighted by Crippen LogP contribution is 2.31. The molecule has 0 aliphatic carbocycles.